The van der Waals surface area contributed by atoms with E-state index in [1.807, 2.05) is 0 Å². The van der Waals surface area contributed by atoms with E-state index in [2.05, 4.69) is 26.0 Å². The van der Waals surface area contributed by atoms with Crippen LogP contribution in [0.4, 0.5) is 0 Å². The Morgan fingerprint density at radius 3 is 1.50 bits per heavy atom. The van der Waals surface area contributed by atoms with Gasteiger partial charge >= 0.3 is 13.8 Å². The van der Waals surface area contributed by atoms with Crippen LogP contribution in [0.25, 0.3) is 0 Å². The van der Waals surface area contributed by atoms with Gasteiger partial charge in [-0.1, -0.05) is 161 Å². The number of hydrogen-bond acceptors (Lipinski definition) is 8. The molecular formula is C40H79O9P. The molecule has 3 atom stereocenters. The highest BCUT2D eigenvalue weighted by Crippen LogP contribution is 2.43. The highest BCUT2D eigenvalue weighted by atomic mass is 31.2. The highest BCUT2D eigenvalue weighted by Gasteiger charge is 2.26. The number of allylic oxidation sites excluding steroid dienone is 2. The van der Waals surface area contributed by atoms with Gasteiger partial charge in [-0.05, 0) is 38.5 Å². The van der Waals surface area contributed by atoms with E-state index in [-0.39, 0.29) is 25.6 Å². The molecule has 0 rings (SSSR count). The Kier molecular flexibility index (Phi) is 37.3. The molecule has 0 aromatic rings. The van der Waals surface area contributed by atoms with Crippen molar-refractivity contribution in [3.8, 4) is 0 Å². The lowest BCUT2D eigenvalue weighted by Gasteiger charge is -2.20. The van der Waals surface area contributed by atoms with E-state index in [0.717, 1.165) is 44.9 Å². The Bertz CT molecular complexity index is 795. The molecular weight excluding hydrogens is 655 g/mol. The maximum absolute atomic E-state index is 12.6. The fraction of sp³-hybridized carbons (Fsp3) is 0.925. The second-order valence-corrected chi connectivity index (χ2v) is 15.5. The molecule has 0 amide bonds. The average molecular weight is 735 g/mol. The Morgan fingerprint density at radius 1 is 0.600 bits per heavy atom. The van der Waals surface area contributed by atoms with Gasteiger partial charge in [0.2, 0.25) is 0 Å². The van der Waals surface area contributed by atoms with Crippen LogP contribution in [0.1, 0.15) is 194 Å². The summed E-state index contributed by atoms with van der Waals surface area (Å²) < 4.78 is 33.3. The highest BCUT2D eigenvalue weighted by molar-refractivity contribution is 7.47. The third-order valence-electron chi connectivity index (χ3n) is 8.95. The summed E-state index contributed by atoms with van der Waals surface area (Å²) in [5.41, 5.74) is 0. The maximum atomic E-state index is 12.6. The number of esters is 1. The van der Waals surface area contributed by atoms with Crippen molar-refractivity contribution in [3.63, 3.8) is 0 Å². The zero-order chi connectivity index (χ0) is 36.8. The first kappa shape index (κ1) is 49.2. The average Bonchev–Trinajstić information content (AvgIpc) is 3.10. The predicted octanol–water partition coefficient (Wildman–Crippen LogP) is 10.9. The second-order valence-electron chi connectivity index (χ2n) is 14.0. The normalized spacial score (nSPS) is 14.3. The van der Waals surface area contributed by atoms with Crippen molar-refractivity contribution in [1.82, 2.24) is 0 Å². The summed E-state index contributed by atoms with van der Waals surface area (Å²) in [5.74, 6) is -0.382. The molecule has 0 spiro atoms. The minimum Gasteiger partial charge on any atom is -0.457 e. The smallest absolute Gasteiger partial charge is 0.457 e. The van der Waals surface area contributed by atoms with Crippen molar-refractivity contribution in [2.45, 2.75) is 206 Å². The van der Waals surface area contributed by atoms with Crippen LogP contribution in [0, 0.1) is 0 Å². The summed E-state index contributed by atoms with van der Waals surface area (Å²) in [5, 5.41) is 18.3. The van der Waals surface area contributed by atoms with Crippen LogP contribution in [0.2, 0.25) is 0 Å². The van der Waals surface area contributed by atoms with Crippen LogP contribution in [-0.2, 0) is 27.9 Å². The first-order valence-electron chi connectivity index (χ1n) is 20.7. The van der Waals surface area contributed by atoms with Gasteiger partial charge in [0.1, 0.15) is 12.2 Å². The van der Waals surface area contributed by atoms with Gasteiger partial charge in [-0.3, -0.25) is 13.8 Å². The van der Waals surface area contributed by atoms with Gasteiger partial charge in [0, 0.05) is 13.0 Å². The molecule has 3 N–H and O–H groups in total. The minimum atomic E-state index is -4.51. The van der Waals surface area contributed by atoms with Gasteiger partial charge in [-0.25, -0.2) is 4.57 Å². The van der Waals surface area contributed by atoms with E-state index in [4.69, 9.17) is 23.6 Å². The lowest BCUT2D eigenvalue weighted by atomic mass is 10.0. The number of carbonyl (C=O) groups is 1. The number of aliphatic hydroxyl groups is 2. The van der Waals surface area contributed by atoms with Crippen molar-refractivity contribution < 1.29 is 43.0 Å². The van der Waals surface area contributed by atoms with Gasteiger partial charge < -0.3 is 24.6 Å². The van der Waals surface area contributed by atoms with Gasteiger partial charge in [-0.15, -0.1) is 0 Å². The predicted molar refractivity (Wildman–Crippen MR) is 205 cm³/mol. The van der Waals surface area contributed by atoms with Crippen LogP contribution in [-0.4, -0.2) is 66.3 Å². The molecule has 298 valence electrons. The fourth-order valence-corrected chi connectivity index (χ4v) is 6.55. The van der Waals surface area contributed by atoms with E-state index in [1.165, 1.54) is 128 Å². The standard InChI is InChI=1S/C40H79O9P/c1-3-5-7-9-11-13-15-17-18-19-21-23-25-27-29-31-33-46-36-39(37-48-50(44,45)47-35-38(42)34-41)49-40(43)32-30-28-26-24-22-20-16-14-12-10-8-6-4-2/h17-18,38-39,41-42H,3-16,19-37H2,1-2H3,(H,44,45)/b18-17-. The van der Waals surface area contributed by atoms with Gasteiger partial charge in [-0.2, -0.15) is 0 Å². The van der Waals surface area contributed by atoms with Gasteiger partial charge in [0.05, 0.1) is 26.4 Å². The van der Waals surface area contributed by atoms with Crippen molar-refractivity contribution in [2.24, 2.45) is 0 Å². The Morgan fingerprint density at radius 2 is 1.02 bits per heavy atom. The molecule has 0 aromatic heterocycles. The molecule has 9 nitrogen and oxygen atoms in total. The molecule has 0 heterocycles. The molecule has 0 aromatic carbocycles. The molecule has 50 heavy (non-hydrogen) atoms. The summed E-state index contributed by atoms with van der Waals surface area (Å²) in [6.45, 7) is 3.52. The molecule has 0 aliphatic heterocycles. The Balaban J connectivity index is 4.18. The summed E-state index contributed by atoms with van der Waals surface area (Å²) in [7, 11) is -4.51. The largest absolute Gasteiger partial charge is 0.472 e. The number of hydrogen-bond donors (Lipinski definition) is 3. The Labute approximate surface area is 307 Å². The van der Waals surface area contributed by atoms with Crippen molar-refractivity contribution in [1.29, 1.82) is 0 Å². The molecule has 0 bridgehead atoms. The topological polar surface area (TPSA) is 132 Å². The zero-order valence-electron chi connectivity index (χ0n) is 32.4. The zero-order valence-corrected chi connectivity index (χ0v) is 33.3. The minimum absolute atomic E-state index is 0.0503. The SMILES string of the molecule is CCCCCCCC/C=C\CCCCCCCCOCC(COP(=O)(O)OCC(O)CO)OC(=O)CCCCCCCCCCCCCCC. The first-order valence-corrected chi connectivity index (χ1v) is 22.2. The quantitative estimate of drug-likeness (QED) is 0.0243. The number of carbonyl (C=O) groups excluding carboxylic acids is 1. The lowest BCUT2D eigenvalue weighted by molar-refractivity contribution is -0.154. The lowest BCUT2D eigenvalue weighted by Crippen LogP contribution is -2.29. The molecule has 0 aliphatic rings. The third-order valence-corrected chi connectivity index (χ3v) is 9.90. The third kappa shape index (κ3) is 37.0. The molecule has 0 aliphatic carbocycles. The molecule has 10 heteroatoms. The van der Waals surface area contributed by atoms with Gasteiger partial charge in [0.15, 0.2) is 0 Å². The van der Waals surface area contributed by atoms with Crippen LogP contribution in [0.5, 0.6) is 0 Å². The van der Waals surface area contributed by atoms with Crippen LogP contribution < -0.4 is 0 Å². The number of aliphatic hydroxyl groups excluding tert-OH is 2. The Hall–Kier alpha value is -0.800. The number of unbranched alkanes of at least 4 members (excludes halogenated alkanes) is 24. The summed E-state index contributed by atoms with van der Waals surface area (Å²) in [6.07, 6.45) is 35.9. The molecule has 0 fully saturated rings. The monoisotopic (exact) mass is 735 g/mol. The summed E-state index contributed by atoms with van der Waals surface area (Å²) in [6, 6.07) is 0. The van der Waals surface area contributed by atoms with E-state index < -0.39 is 33.2 Å². The van der Waals surface area contributed by atoms with E-state index in [0.29, 0.717) is 6.61 Å². The van der Waals surface area contributed by atoms with Crippen LogP contribution in [0.15, 0.2) is 12.2 Å². The second kappa shape index (κ2) is 37.9. The van der Waals surface area contributed by atoms with E-state index in [9.17, 15) is 19.4 Å². The van der Waals surface area contributed by atoms with Crippen molar-refractivity contribution >= 4 is 13.8 Å². The molecule has 0 radical (unpaired) electrons. The number of phosphoric acid groups is 1. The number of phosphoric ester groups is 1. The summed E-state index contributed by atoms with van der Waals surface area (Å²) >= 11 is 0. The molecule has 0 saturated heterocycles. The molecule has 0 saturated carbocycles. The fourth-order valence-electron chi connectivity index (χ4n) is 5.76. The van der Waals surface area contributed by atoms with Crippen LogP contribution in [0.3, 0.4) is 0 Å². The molecule has 3 unspecified atom stereocenters. The summed E-state index contributed by atoms with van der Waals surface area (Å²) in [4.78, 5) is 22.5. The van der Waals surface area contributed by atoms with E-state index >= 15 is 0 Å². The number of rotatable bonds is 40. The maximum Gasteiger partial charge on any atom is 0.472 e. The van der Waals surface area contributed by atoms with E-state index in [1.54, 1.807) is 0 Å². The van der Waals surface area contributed by atoms with Crippen molar-refractivity contribution in [3.05, 3.63) is 12.2 Å². The van der Waals surface area contributed by atoms with Crippen molar-refractivity contribution in [2.75, 3.05) is 33.0 Å². The van der Waals surface area contributed by atoms with Gasteiger partial charge in [0.25, 0.3) is 0 Å². The van der Waals surface area contributed by atoms with Crippen LogP contribution >= 0.6 is 7.82 Å². The first-order chi connectivity index (χ1) is 24.3. The number of ether oxygens (including phenoxy) is 2.